The van der Waals surface area contributed by atoms with E-state index in [-0.39, 0.29) is 31.1 Å². The highest BCUT2D eigenvalue weighted by Gasteiger charge is 2.19. The Morgan fingerprint density at radius 3 is 0.838 bits per heavy atom. The zero-order valence-electron chi connectivity index (χ0n) is 49.1. The van der Waals surface area contributed by atoms with Crippen LogP contribution in [0.5, 0.6) is 0 Å². The quantitative estimate of drug-likeness (QED) is 0.0261. The maximum Gasteiger partial charge on any atom is 0.306 e. The molecule has 0 aliphatic heterocycles. The third-order valence-electron chi connectivity index (χ3n) is 13.9. The molecule has 0 amide bonds. The Kier molecular flexibility index (Phi) is 59.7. The Morgan fingerprint density at radius 2 is 0.527 bits per heavy atom. The SMILES string of the molecule is CC/C=C\C/C=C\C/C=C\C/C=C\CCCCCCCCCCCCCCCCCCC(=O)OCC(COC(=O)CCCCCCCCCCCCC)OC(=O)CCCCCCC/C=C\C/C=C\CCCCCC. The zero-order chi connectivity index (χ0) is 53.6. The monoisotopic (exact) mass is 1030 g/mol. The first-order valence-electron chi connectivity index (χ1n) is 31.9. The number of allylic oxidation sites excluding steroid dienone is 12. The largest absolute Gasteiger partial charge is 0.462 e. The minimum Gasteiger partial charge on any atom is -0.462 e. The van der Waals surface area contributed by atoms with Gasteiger partial charge < -0.3 is 14.2 Å². The van der Waals surface area contributed by atoms with Gasteiger partial charge in [0.1, 0.15) is 13.2 Å². The van der Waals surface area contributed by atoms with Crippen LogP contribution < -0.4 is 0 Å². The van der Waals surface area contributed by atoms with Crippen molar-refractivity contribution in [2.45, 2.75) is 329 Å². The van der Waals surface area contributed by atoms with Crippen LogP contribution in [0, 0.1) is 0 Å². The van der Waals surface area contributed by atoms with Gasteiger partial charge in [0.25, 0.3) is 0 Å². The molecule has 0 radical (unpaired) electrons. The van der Waals surface area contributed by atoms with Crippen LogP contribution >= 0.6 is 0 Å². The van der Waals surface area contributed by atoms with Crippen LogP contribution in [0.25, 0.3) is 0 Å². The van der Waals surface area contributed by atoms with E-state index in [1.165, 1.54) is 173 Å². The van der Waals surface area contributed by atoms with Crippen LogP contribution in [0.1, 0.15) is 323 Å². The molecule has 6 heteroatoms. The highest BCUT2D eigenvalue weighted by molar-refractivity contribution is 5.71. The minimum atomic E-state index is -0.779. The van der Waals surface area contributed by atoms with Gasteiger partial charge in [-0.3, -0.25) is 14.4 Å². The average Bonchev–Trinajstić information content (AvgIpc) is 3.40. The summed E-state index contributed by atoms with van der Waals surface area (Å²) in [5, 5.41) is 0. The van der Waals surface area contributed by atoms with Crippen LogP contribution in [0.15, 0.2) is 72.9 Å². The van der Waals surface area contributed by atoms with Gasteiger partial charge in [-0.2, -0.15) is 0 Å². The number of carbonyl (C=O) groups excluding carboxylic acids is 3. The fourth-order valence-electron chi connectivity index (χ4n) is 9.17. The molecule has 74 heavy (non-hydrogen) atoms. The van der Waals surface area contributed by atoms with E-state index in [9.17, 15) is 14.4 Å². The van der Waals surface area contributed by atoms with E-state index >= 15 is 0 Å². The molecule has 0 aromatic heterocycles. The number of unbranched alkanes of at least 4 members (excludes halogenated alkanes) is 35. The lowest BCUT2D eigenvalue weighted by Crippen LogP contribution is -2.30. The molecule has 6 nitrogen and oxygen atoms in total. The standard InChI is InChI=1S/C68H120O6/c1-4-7-10-13-16-19-22-24-26-28-29-30-31-32-33-34-35-36-37-38-39-40-42-43-46-49-52-55-58-61-67(70)73-64-65(63-72-66(69)60-57-54-51-48-45-21-18-15-12-9-6-3)74-68(71)62-59-56-53-50-47-44-41-27-25-23-20-17-14-11-8-5-2/h7,10,16,19-20,23-24,26-27,29-30,41,65H,4-6,8-9,11-15,17-18,21-22,25,28,31-40,42-64H2,1-3H3/b10-7-,19-16-,23-20-,26-24-,30-29-,41-27-. The Hall–Kier alpha value is -3.15. The lowest BCUT2D eigenvalue weighted by atomic mass is 10.0. The zero-order valence-corrected chi connectivity index (χ0v) is 49.1. The second kappa shape index (κ2) is 62.4. The second-order valence-corrected chi connectivity index (χ2v) is 21.3. The van der Waals surface area contributed by atoms with Gasteiger partial charge in [-0.15, -0.1) is 0 Å². The molecule has 0 aliphatic rings. The summed E-state index contributed by atoms with van der Waals surface area (Å²) in [4.78, 5) is 38.2. The summed E-state index contributed by atoms with van der Waals surface area (Å²) in [6.07, 6.45) is 80.6. The number of esters is 3. The van der Waals surface area contributed by atoms with E-state index in [2.05, 4.69) is 93.7 Å². The summed E-state index contributed by atoms with van der Waals surface area (Å²) < 4.78 is 16.9. The van der Waals surface area contributed by atoms with Crippen LogP contribution in [-0.2, 0) is 28.6 Å². The van der Waals surface area contributed by atoms with Crippen LogP contribution in [-0.4, -0.2) is 37.2 Å². The third-order valence-corrected chi connectivity index (χ3v) is 13.9. The summed E-state index contributed by atoms with van der Waals surface area (Å²) in [7, 11) is 0. The molecule has 0 saturated heterocycles. The fourth-order valence-corrected chi connectivity index (χ4v) is 9.17. The van der Waals surface area contributed by atoms with Crippen LogP contribution in [0.3, 0.4) is 0 Å². The predicted molar refractivity (Wildman–Crippen MR) is 321 cm³/mol. The Bertz CT molecular complexity index is 1370. The maximum absolute atomic E-state index is 12.9. The average molecular weight is 1030 g/mol. The van der Waals surface area contributed by atoms with Crippen molar-refractivity contribution in [2.24, 2.45) is 0 Å². The Labute approximate surface area is 459 Å². The lowest BCUT2D eigenvalue weighted by Gasteiger charge is -2.18. The number of hydrogen-bond donors (Lipinski definition) is 0. The van der Waals surface area contributed by atoms with Crippen molar-refractivity contribution in [2.75, 3.05) is 13.2 Å². The normalized spacial score (nSPS) is 12.5. The van der Waals surface area contributed by atoms with E-state index in [1.807, 2.05) is 0 Å². The third kappa shape index (κ3) is 59.7. The van der Waals surface area contributed by atoms with Gasteiger partial charge >= 0.3 is 17.9 Å². The molecule has 0 rings (SSSR count). The first kappa shape index (κ1) is 70.8. The lowest BCUT2D eigenvalue weighted by molar-refractivity contribution is -0.167. The number of hydrogen-bond acceptors (Lipinski definition) is 6. The van der Waals surface area contributed by atoms with Gasteiger partial charge in [0.15, 0.2) is 6.10 Å². The molecule has 0 aliphatic carbocycles. The summed E-state index contributed by atoms with van der Waals surface area (Å²) in [6, 6.07) is 0. The van der Waals surface area contributed by atoms with E-state index in [0.29, 0.717) is 19.3 Å². The molecule has 1 unspecified atom stereocenters. The molecule has 1 atom stereocenters. The topological polar surface area (TPSA) is 78.9 Å². The van der Waals surface area contributed by atoms with Crippen molar-refractivity contribution in [1.82, 2.24) is 0 Å². The highest BCUT2D eigenvalue weighted by atomic mass is 16.6. The van der Waals surface area contributed by atoms with Crippen molar-refractivity contribution in [3.8, 4) is 0 Å². The molecule has 0 N–H and O–H groups in total. The van der Waals surface area contributed by atoms with Gasteiger partial charge in [-0.25, -0.2) is 0 Å². The maximum atomic E-state index is 12.9. The van der Waals surface area contributed by atoms with Gasteiger partial charge in [0, 0.05) is 19.3 Å². The summed E-state index contributed by atoms with van der Waals surface area (Å²) >= 11 is 0. The predicted octanol–water partition coefficient (Wildman–Crippen LogP) is 21.7. The Morgan fingerprint density at radius 1 is 0.284 bits per heavy atom. The van der Waals surface area contributed by atoms with Gasteiger partial charge in [0.05, 0.1) is 0 Å². The van der Waals surface area contributed by atoms with Crippen molar-refractivity contribution in [3.05, 3.63) is 72.9 Å². The molecular weight excluding hydrogens is 913 g/mol. The highest BCUT2D eigenvalue weighted by Crippen LogP contribution is 2.17. The van der Waals surface area contributed by atoms with Crippen molar-refractivity contribution >= 4 is 17.9 Å². The molecule has 0 spiro atoms. The van der Waals surface area contributed by atoms with Crippen LogP contribution in [0.2, 0.25) is 0 Å². The molecular formula is C68H120O6. The van der Waals surface area contributed by atoms with Gasteiger partial charge in [0.2, 0.25) is 0 Å². The van der Waals surface area contributed by atoms with Crippen molar-refractivity contribution < 1.29 is 28.6 Å². The van der Waals surface area contributed by atoms with Crippen molar-refractivity contribution in [3.63, 3.8) is 0 Å². The van der Waals surface area contributed by atoms with Gasteiger partial charge in [-0.1, -0.05) is 286 Å². The summed E-state index contributed by atoms with van der Waals surface area (Å²) in [6.45, 7) is 6.53. The number of ether oxygens (including phenoxy) is 3. The second-order valence-electron chi connectivity index (χ2n) is 21.3. The molecule has 428 valence electrons. The number of rotatable bonds is 58. The van der Waals surface area contributed by atoms with Crippen LogP contribution in [0.4, 0.5) is 0 Å². The Balaban J connectivity index is 4.18. The first-order chi connectivity index (χ1) is 36.5. The molecule has 0 saturated carbocycles. The van der Waals surface area contributed by atoms with E-state index < -0.39 is 6.10 Å². The van der Waals surface area contributed by atoms with Gasteiger partial charge in [-0.05, 0) is 89.9 Å². The van der Waals surface area contributed by atoms with E-state index in [4.69, 9.17) is 14.2 Å². The molecule has 0 heterocycles. The van der Waals surface area contributed by atoms with Crippen molar-refractivity contribution in [1.29, 1.82) is 0 Å². The van der Waals surface area contributed by atoms with E-state index in [1.54, 1.807) is 0 Å². The fraction of sp³-hybridized carbons (Fsp3) is 0.779. The smallest absolute Gasteiger partial charge is 0.306 e. The summed E-state index contributed by atoms with van der Waals surface area (Å²) in [5.41, 5.74) is 0. The molecule has 0 aromatic rings. The molecule has 0 aromatic carbocycles. The first-order valence-corrected chi connectivity index (χ1v) is 31.9. The minimum absolute atomic E-state index is 0.0766. The molecule has 0 bridgehead atoms. The summed E-state index contributed by atoms with van der Waals surface area (Å²) in [5.74, 6) is -0.876. The van der Waals surface area contributed by atoms with E-state index in [0.717, 1.165) is 109 Å². The number of carbonyl (C=O) groups is 3. The molecule has 0 fully saturated rings.